The Morgan fingerprint density at radius 1 is 1.13 bits per heavy atom. The van der Waals surface area contributed by atoms with E-state index in [1.54, 1.807) is 18.3 Å². The first-order valence-electron chi connectivity index (χ1n) is 9.55. The van der Waals surface area contributed by atoms with Crippen LogP contribution in [0.4, 0.5) is 5.69 Å². The number of rotatable bonds is 7. The van der Waals surface area contributed by atoms with Gasteiger partial charge in [0, 0.05) is 28.8 Å². The predicted molar refractivity (Wildman–Crippen MR) is 124 cm³/mol. The summed E-state index contributed by atoms with van der Waals surface area (Å²) in [4.78, 5) is 16.7. The topological polar surface area (TPSA) is 84.2 Å². The normalized spacial score (nSPS) is 11.0. The quantitative estimate of drug-likeness (QED) is 0.384. The lowest BCUT2D eigenvalue weighted by molar-refractivity contribution is 0.101. The zero-order valence-corrected chi connectivity index (χ0v) is 18.9. The van der Waals surface area contributed by atoms with E-state index in [2.05, 4.69) is 42.4 Å². The molecular formula is C24H23N3O3S. The largest absolute Gasteiger partial charge is 0.493 e. The zero-order chi connectivity index (χ0) is 22.5. The molecule has 1 heterocycles. The minimum atomic E-state index is -0.137. The number of nitrogens with zero attached hydrogens (tertiary/aromatic N) is 2. The number of Topliss-reactive ketones (excluding diaryl/α,β-unsaturated/α-hetero) is 1. The fourth-order valence-electron chi connectivity index (χ4n) is 3.01. The van der Waals surface area contributed by atoms with E-state index >= 15 is 0 Å². The van der Waals surface area contributed by atoms with Gasteiger partial charge in [-0.3, -0.25) is 4.79 Å². The van der Waals surface area contributed by atoms with Crippen molar-refractivity contribution in [1.29, 1.82) is 5.26 Å². The first kappa shape index (κ1) is 22.1. The Kier molecular flexibility index (Phi) is 6.73. The van der Waals surface area contributed by atoms with Crippen molar-refractivity contribution in [3.8, 4) is 28.8 Å². The summed E-state index contributed by atoms with van der Waals surface area (Å²) in [6.07, 6.45) is 1.55. The number of aryl methyl sites for hydroxylation is 2. The molecule has 0 fully saturated rings. The molecule has 31 heavy (non-hydrogen) atoms. The number of nitrogens with one attached hydrogen (secondary N) is 1. The SMILES string of the molecule is COc1cc(N/C=C(\C#N)c2nc(-c3ccc(C)c(C)c3)cs2)c(C(C)=O)cc1OC. The number of thiazole rings is 1. The molecule has 0 aliphatic carbocycles. The molecule has 158 valence electrons. The van der Waals surface area contributed by atoms with Gasteiger partial charge < -0.3 is 14.8 Å². The number of hydrogen-bond acceptors (Lipinski definition) is 7. The van der Waals surface area contributed by atoms with Gasteiger partial charge in [0.1, 0.15) is 16.6 Å². The Balaban J connectivity index is 1.93. The van der Waals surface area contributed by atoms with Crippen molar-refractivity contribution < 1.29 is 14.3 Å². The molecule has 0 unspecified atom stereocenters. The van der Waals surface area contributed by atoms with E-state index in [1.165, 1.54) is 43.6 Å². The summed E-state index contributed by atoms with van der Waals surface area (Å²) >= 11 is 1.39. The van der Waals surface area contributed by atoms with Gasteiger partial charge in [-0.15, -0.1) is 11.3 Å². The molecule has 6 nitrogen and oxygen atoms in total. The minimum absolute atomic E-state index is 0.137. The molecule has 3 aromatic rings. The van der Waals surface area contributed by atoms with E-state index in [1.807, 2.05) is 11.4 Å². The van der Waals surface area contributed by atoms with E-state index in [4.69, 9.17) is 9.47 Å². The van der Waals surface area contributed by atoms with E-state index in [0.29, 0.717) is 33.3 Å². The van der Waals surface area contributed by atoms with Gasteiger partial charge in [0.25, 0.3) is 0 Å². The maximum atomic E-state index is 12.1. The molecule has 0 atom stereocenters. The summed E-state index contributed by atoms with van der Waals surface area (Å²) in [5.41, 5.74) is 5.55. The Morgan fingerprint density at radius 3 is 2.45 bits per heavy atom. The van der Waals surface area contributed by atoms with Crippen LogP contribution in [-0.2, 0) is 0 Å². The summed E-state index contributed by atoms with van der Waals surface area (Å²) in [6, 6.07) is 11.6. The third-order valence-electron chi connectivity index (χ3n) is 4.93. The van der Waals surface area contributed by atoms with Gasteiger partial charge in [0.15, 0.2) is 17.3 Å². The molecule has 0 amide bonds. The number of ketones is 1. The molecule has 7 heteroatoms. The zero-order valence-electron chi connectivity index (χ0n) is 18.1. The molecule has 0 spiro atoms. The van der Waals surface area contributed by atoms with Crippen LogP contribution in [0.15, 0.2) is 41.9 Å². The van der Waals surface area contributed by atoms with Crippen LogP contribution >= 0.6 is 11.3 Å². The molecule has 0 saturated heterocycles. The van der Waals surface area contributed by atoms with Crippen LogP contribution in [0, 0.1) is 25.2 Å². The molecule has 0 radical (unpaired) electrons. The second kappa shape index (κ2) is 9.45. The van der Waals surface area contributed by atoms with Crippen molar-refractivity contribution in [1.82, 2.24) is 4.98 Å². The molecule has 1 aromatic heterocycles. The summed E-state index contributed by atoms with van der Waals surface area (Å²) in [5, 5.41) is 15.3. The van der Waals surface area contributed by atoms with Gasteiger partial charge in [-0.25, -0.2) is 4.98 Å². The average Bonchev–Trinajstić information content (AvgIpc) is 3.25. The van der Waals surface area contributed by atoms with Crippen molar-refractivity contribution in [3.63, 3.8) is 0 Å². The average molecular weight is 434 g/mol. The van der Waals surface area contributed by atoms with Crippen LogP contribution in [-0.4, -0.2) is 25.0 Å². The first-order valence-corrected chi connectivity index (χ1v) is 10.4. The molecule has 0 aliphatic rings. The van der Waals surface area contributed by atoms with E-state index in [9.17, 15) is 10.1 Å². The molecule has 1 N–H and O–H groups in total. The number of carbonyl (C=O) groups is 1. The van der Waals surface area contributed by atoms with Gasteiger partial charge in [-0.1, -0.05) is 12.1 Å². The van der Waals surface area contributed by atoms with Gasteiger partial charge in [-0.05, 0) is 44.0 Å². The van der Waals surface area contributed by atoms with Crippen LogP contribution in [0.3, 0.4) is 0 Å². The van der Waals surface area contributed by atoms with Crippen LogP contribution in [0.25, 0.3) is 16.8 Å². The van der Waals surface area contributed by atoms with Gasteiger partial charge in [0.2, 0.25) is 0 Å². The van der Waals surface area contributed by atoms with Crippen molar-refractivity contribution in [2.75, 3.05) is 19.5 Å². The summed E-state index contributed by atoms with van der Waals surface area (Å²) < 4.78 is 10.6. The van der Waals surface area contributed by atoms with E-state index in [-0.39, 0.29) is 5.78 Å². The summed E-state index contributed by atoms with van der Waals surface area (Å²) in [6.45, 7) is 5.60. The van der Waals surface area contributed by atoms with Crippen molar-refractivity contribution in [3.05, 3.63) is 63.6 Å². The van der Waals surface area contributed by atoms with Crippen LogP contribution in [0.5, 0.6) is 11.5 Å². The van der Waals surface area contributed by atoms with E-state index in [0.717, 1.165) is 11.3 Å². The Hall–Kier alpha value is -3.63. The molecule has 0 aliphatic heterocycles. The number of aromatic nitrogens is 1. The lowest BCUT2D eigenvalue weighted by Crippen LogP contribution is -2.03. The Labute approximate surface area is 185 Å². The summed E-state index contributed by atoms with van der Waals surface area (Å²) in [7, 11) is 3.04. The monoisotopic (exact) mass is 433 g/mol. The maximum Gasteiger partial charge on any atom is 0.162 e. The predicted octanol–water partition coefficient (Wildman–Crippen LogP) is 5.62. The third-order valence-corrected chi connectivity index (χ3v) is 5.81. The van der Waals surface area contributed by atoms with Crippen LogP contribution in [0.1, 0.15) is 33.4 Å². The van der Waals surface area contributed by atoms with Gasteiger partial charge in [-0.2, -0.15) is 5.26 Å². The highest BCUT2D eigenvalue weighted by Crippen LogP contribution is 2.34. The number of allylic oxidation sites excluding steroid dienone is 1. The second-order valence-electron chi connectivity index (χ2n) is 6.96. The maximum absolute atomic E-state index is 12.1. The van der Waals surface area contributed by atoms with Crippen LogP contribution in [0.2, 0.25) is 0 Å². The van der Waals surface area contributed by atoms with Gasteiger partial charge >= 0.3 is 0 Å². The van der Waals surface area contributed by atoms with Crippen molar-refractivity contribution in [2.45, 2.75) is 20.8 Å². The third kappa shape index (κ3) is 4.76. The smallest absolute Gasteiger partial charge is 0.162 e. The number of nitriles is 1. The lowest BCUT2D eigenvalue weighted by atomic mass is 10.1. The first-order chi connectivity index (χ1) is 14.9. The number of hydrogen-bond donors (Lipinski definition) is 1. The molecule has 2 aromatic carbocycles. The Morgan fingerprint density at radius 2 is 1.84 bits per heavy atom. The molecular weight excluding hydrogens is 410 g/mol. The molecule has 0 saturated carbocycles. The second-order valence-corrected chi connectivity index (χ2v) is 7.82. The molecule has 3 rings (SSSR count). The van der Waals surface area contributed by atoms with Crippen molar-refractivity contribution in [2.24, 2.45) is 0 Å². The summed E-state index contributed by atoms with van der Waals surface area (Å²) in [5.74, 6) is 0.801. The highest BCUT2D eigenvalue weighted by atomic mass is 32.1. The standard InChI is InChI=1S/C24H23N3O3S/c1-14-6-7-17(8-15(14)2)21-13-31-24(27-21)18(11-25)12-26-20-10-23(30-5)22(29-4)9-19(20)16(3)28/h6-10,12-13,26H,1-5H3/b18-12+. The number of benzene rings is 2. The van der Waals surface area contributed by atoms with Crippen molar-refractivity contribution >= 4 is 28.4 Å². The number of carbonyl (C=O) groups excluding carboxylic acids is 1. The number of ether oxygens (including phenoxy) is 2. The highest BCUT2D eigenvalue weighted by Gasteiger charge is 2.15. The molecule has 0 bridgehead atoms. The fraction of sp³-hybridized carbons (Fsp3) is 0.208. The fourth-order valence-corrected chi connectivity index (χ4v) is 3.81. The van der Waals surface area contributed by atoms with Gasteiger partial charge in [0.05, 0.1) is 25.6 Å². The minimum Gasteiger partial charge on any atom is -0.493 e. The number of methoxy groups -OCH3 is 2. The highest BCUT2D eigenvalue weighted by molar-refractivity contribution is 7.11. The van der Waals surface area contributed by atoms with Crippen LogP contribution < -0.4 is 14.8 Å². The number of anilines is 1. The Bertz CT molecular complexity index is 1210. The lowest BCUT2D eigenvalue weighted by Gasteiger charge is -2.13. The van der Waals surface area contributed by atoms with E-state index < -0.39 is 0 Å².